The van der Waals surface area contributed by atoms with E-state index in [0.29, 0.717) is 4.47 Å². The van der Waals surface area contributed by atoms with Crippen molar-refractivity contribution in [2.24, 2.45) is 7.05 Å². The first kappa shape index (κ1) is 10.9. The summed E-state index contributed by atoms with van der Waals surface area (Å²) >= 11 is 3.19. The van der Waals surface area contributed by atoms with Crippen LogP contribution in [0, 0.1) is 5.82 Å². The largest absolute Gasteiger partial charge is 0.285 e. The predicted octanol–water partition coefficient (Wildman–Crippen LogP) is 1.95. The van der Waals surface area contributed by atoms with Gasteiger partial charge in [-0.3, -0.25) is 9.48 Å². The molecule has 0 saturated carbocycles. The molecule has 0 aromatic carbocycles. The van der Waals surface area contributed by atoms with Gasteiger partial charge in [0.05, 0.1) is 10.7 Å². The summed E-state index contributed by atoms with van der Waals surface area (Å²) in [4.78, 5) is 15.7. The van der Waals surface area contributed by atoms with Crippen LogP contribution in [0.5, 0.6) is 0 Å². The van der Waals surface area contributed by atoms with Crippen molar-refractivity contribution in [3.8, 4) is 0 Å². The van der Waals surface area contributed by atoms with Gasteiger partial charge in [-0.05, 0) is 28.1 Å². The zero-order chi connectivity index (χ0) is 11.7. The second-order valence-electron chi connectivity index (χ2n) is 3.13. The van der Waals surface area contributed by atoms with E-state index in [1.54, 1.807) is 7.05 Å². The van der Waals surface area contributed by atoms with Gasteiger partial charge in [0.25, 0.3) is 0 Å². The molecular weight excluding hydrogens is 277 g/mol. The standard InChI is InChI=1S/C10H7BrFN3O/c1-15-9(6(11)5-14-15)10(16)8-7(12)3-2-4-13-8/h2-5H,1H3. The third-order valence-corrected chi connectivity index (χ3v) is 2.66. The average Bonchev–Trinajstić information content (AvgIpc) is 2.58. The van der Waals surface area contributed by atoms with Crippen LogP contribution < -0.4 is 0 Å². The Morgan fingerprint density at radius 1 is 1.56 bits per heavy atom. The highest BCUT2D eigenvalue weighted by atomic mass is 79.9. The molecule has 0 N–H and O–H groups in total. The van der Waals surface area contributed by atoms with Crippen molar-refractivity contribution in [1.29, 1.82) is 0 Å². The number of aromatic nitrogens is 3. The van der Waals surface area contributed by atoms with Crippen LogP contribution in [0.25, 0.3) is 0 Å². The fourth-order valence-electron chi connectivity index (χ4n) is 1.33. The van der Waals surface area contributed by atoms with Crippen LogP contribution in [0.15, 0.2) is 29.0 Å². The number of pyridine rings is 1. The summed E-state index contributed by atoms with van der Waals surface area (Å²) in [7, 11) is 1.61. The molecule has 0 aliphatic rings. The minimum atomic E-state index is -0.638. The first-order chi connectivity index (χ1) is 7.61. The Labute approximate surface area is 99.2 Å². The van der Waals surface area contributed by atoms with E-state index in [-0.39, 0.29) is 11.4 Å². The van der Waals surface area contributed by atoms with E-state index in [2.05, 4.69) is 26.0 Å². The molecule has 0 radical (unpaired) electrons. The second-order valence-corrected chi connectivity index (χ2v) is 3.98. The number of nitrogens with zero attached hydrogens (tertiary/aromatic N) is 3. The van der Waals surface area contributed by atoms with E-state index in [1.807, 2.05) is 0 Å². The summed E-state index contributed by atoms with van der Waals surface area (Å²) in [6.07, 6.45) is 2.86. The van der Waals surface area contributed by atoms with Gasteiger partial charge in [-0.1, -0.05) is 0 Å². The molecule has 0 unspecified atom stereocenters. The smallest absolute Gasteiger partial charge is 0.233 e. The summed E-state index contributed by atoms with van der Waals surface area (Å²) in [5, 5.41) is 3.89. The van der Waals surface area contributed by atoms with Crippen LogP contribution in [0.1, 0.15) is 16.2 Å². The highest BCUT2D eigenvalue weighted by Crippen LogP contribution is 2.19. The average molecular weight is 284 g/mol. The third kappa shape index (κ3) is 1.76. The highest BCUT2D eigenvalue weighted by Gasteiger charge is 2.21. The maximum absolute atomic E-state index is 13.4. The highest BCUT2D eigenvalue weighted by molar-refractivity contribution is 9.10. The first-order valence-corrected chi connectivity index (χ1v) is 5.23. The molecule has 6 heteroatoms. The zero-order valence-electron chi connectivity index (χ0n) is 8.32. The molecule has 0 amide bonds. The Morgan fingerprint density at radius 3 is 2.88 bits per heavy atom. The molecule has 16 heavy (non-hydrogen) atoms. The van der Waals surface area contributed by atoms with Crippen LogP contribution in [0.4, 0.5) is 4.39 Å². The van der Waals surface area contributed by atoms with Gasteiger partial charge >= 0.3 is 0 Å². The van der Waals surface area contributed by atoms with Gasteiger partial charge in [-0.15, -0.1) is 0 Å². The minimum Gasteiger partial charge on any atom is -0.285 e. The van der Waals surface area contributed by atoms with Gasteiger partial charge < -0.3 is 0 Å². The van der Waals surface area contributed by atoms with Crippen LogP contribution in [0.3, 0.4) is 0 Å². The number of ketones is 1. The quantitative estimate of drug-likeness (QED) is 0.792. The fourth-order valence-corrected chi connectivity index (χ4v) is 1.86. The molecule has 2 heterocycles. The molecule has 0 fully saturated rings. The van der Waals surface area contributed by atoms with Gasteiger partial charge in [-0.2, -0.15) is 5.10 Å². The van der Waals surface area contributed by atoms with Crippen molar-refractivity contribution in [2.45, 2.75) is 0 Å². The van der Waals surface area contributed by atoms with Crippen molar-refractivity contribution in [3.63, 3.8) is 0 Å². The monoisotopic (exact) mass is 283 g/mol. The van der Waals surface area contributed by atoms with Crippen LogP contribution >= 0.6 is 15.9 Å². The van der Waals surface area contributed by atoms with Crippen molar-refractivity contribution in [1.82, 2.24) is 14.8 Å². The summed E-state index contributed by atoms with van der Waals surface area (Å²) in [5.41, 5.74) is 0.0735. The number of rotatable bonds is 2. The molecule has 2 rings (SSSR count). The van der Waals surface area contributed by atoms with E-state index in [4.69, 9.17) is 0 Å². The van der Waals surface area contributed by atoms with Gasteiger partial charge in [0.1, 0.15) is 11.4 Å². The van der Waals surface area contributed by atoms with Crippen LogP contribution in [-0.4, -0.2) is 20.5 Å². The zero-order valence-corrected chi connectivity index (χ0v) is 9.90. The second kappa shape index (κ2) is 4.13. The van der Waals surface area contributed by atoms with E-state index in [1.165, 1.54) is 29.2 Å². The number of carbonyl (C=O) groups excluding carboxylic acids is 1. The lowest BCUT2D eigenvalue weighted by Gasteiger charge is -2.02. The van der Waals surface area contributed by atoms with E-state index >= 15 is 0 Å². The molecule has 2 aromatic heterocycles. The molecule has 0 aliphatic heterocycles. The summed E-state index contributed by atoms with van der Waals surface area (Å²) in [6.45, 7) is 0. The molecule has 0 atom stereocenters. The fraction of sp³-hybridized carbons (Fsp3) is 0.100. The molecule has 0 saturated heterocycles. The predicted molar refractivity (Wildman–Crippen MR) is 58.5 cm³/mol. The molecule has 82 valence electrons. The first-order valence-electron chi connectivity index (χ1n) is 4.44. The Balaban J connectivity index is 2.52. The van der Waals surface area contributed by atoms with Crippen LogP contribution in [-0.2, 0) is 7.05 Å². The lowest BCUT2D eigenvalue weighted by Crippen LogP contribution is -2.12. The Morgan fingerprint density at radius 2 is 2.31 bits per heavy atom. The summed E-state index contributed by atoms with van der Waals surface area (Å²) in [5.74, 6) is -1.13. The topological polar surface area (TPSA) is 47.8 Å². The van der Waals surface area contributed by atoms with E-state index < -0.39 is 11.6 Å². The number of hydrogen-bond donors (Lipinski definition) is 0. The summed E-state index contributed by atoms with van der Waals surface area (Å²) < 4.78 is 15.3. The number of carbonyl (C=O) groups is 1. The molecule has 4 nitrogen and oxygen atoms in total. The lowest BCUT2D eigenvalue weighted by molar-refractivity contribution is 0.102. The molecule has 0 aliphatic carbocycles. The van der Waals surface area contributed by atoms with E-state index in [0.717, 1.165) is 0 Å². The van der Waals surface area contributed by atoms with Crippen molar-refractivity contribution in [2.75, 3.05) is 0 Å². The van der Waals surface area contributed by atoms with Crippen molar-refractivity contribution < 1.29 is 9.18 Å². The van der Waals surface area contributed by atoms with E-state index in [9.17, 15) is 9.18 Å². The Bertz CT molecular complexity index is 533. The van der Waals surface area contributed by atoms with Crippen molar-refractivity contribution in [3.05, 3.63) is 46.2 Å². The molecule has 2 aromatic rings. The maximum Gasteiger partial charge on any atom is 0.233 e. The van der Waals surface area contributed by atoms with Crippen LogP contribution in [0.2, 0.25) is 0 Å². The van der Waals surface area contributed by atoms with Gasteiger partial charge in [0, 0.05) is 13.2 Å². The lowest BCUT2D eigenvalue weighted by atomic mass is 10.2. The minimum absolute atomic E-state index is 0.202. The van der Waals surface area contributed by atoms with Gasteiger partial charge in [-0.25, -0.2) is 9.37 Å². The van der Waals surface area contributed by atoms with Gasteiger partial charge in [0.2, 0.25) is 5.78 Å². The third-order valence-electron chi connectivity index (χ3n) is 2.08. The number of hydrogen-bond acceptors (Lipinski definition) is 3. The number of halogens is 2. The molecule has 0 spiro atoms. The molecule has 0 bridgehead atoms. The number of aryl methyl sites for hydroxylation is 1. The van der Waals surface area contributed by atoms with Crippen molar-refractivity contribution >= 4 is 21.7 Å². The summed E-state index contributed by atoms with van der Waals surface area (Å²) in [6, 6.07) is 2.63. The maximum atomic E-state index is 13.4. The normalized spacial score (nSPS) is 10.4. The SMILES string of the molecule is Cn1ncc(Br)c1C(=O)c1ncccc1F. The molecular formula is C10H7BrFN3O. The Kier molecular flexibility index (Phi) is 2.82. The Hall–Kier alpha value is -1.56. The van der Waals surface area contributed by atoms with Gasteiger partial charge in [0.15, 0.2) is 5.82 Å².